The molecule has 1 fully saturated rings. The molecule has 1 saturated carbocycles. The van der Waals surface area contributed by atoms with Crippen LogP contribution in [0.5, 0.6) is 0 Å². The normalized spacial score (nSPS) is 18.4. The van der Waals surface area contributed by atoms with Gasteiger partial charge in [0.1, 0.15) is 17.7 Å². The van der Waals surface area contributed by atoms with Crippen LogP contribution in [0.1, 0.15) is 77.1 Å². The number of nitrogens with one attached hydrogen (secondary N) is 2. The number of esters is 1. The standard InChI is InChI=1S/C27H41N3O6/c1-9-35-22(31)12-13-28-24(32)23(20-11-10-16(2)17(3)14-20)30(21-15-18(21)4)25(33)19(5)29-26(34)36-27(6,7)8/h10-11,14,18-19,21,23H,9,12-13,15H2,1-8H3,(H,28,32)(H,29,34). The molecule has 0 bridgehead atoms. The van der Waals surface area contributed by atoms with Crippen molar-refractivity contribution in [1.29, 1.82) is 0 Å². The third kappa shape index (κ3) is 8.24. The lowest BCUT2D eigenvalue weighted by Crippen LogP contribution is -2.53. The monoisotopic (exact) mass is 503 g/mol. The largest absolute Gasteiger partial charge is 0.466 e. The molecule has 4 atom stereocenters. The van der Waals surface area contributed by atoms with E-state index in [9.17, 15) is 19.2 Å². The zero-order chi connectivity index (χ0) is 27.2. The van der Waals surface area contributed by atoms with Crippen molar-refractivity contribution < 1.29 is 28.7 Å². The first-order valence-corrected chi connectivity index (χ1v) is 12.6. The number of carbonyl (C=O) groups is 4. The summed E-state index contributed by atoms with van der Waals surface area (Å²) in [6.45, 7) is 14.8. The van der Waals surface area contributed by atoms with Gasteiger partial charge in [-0.3, -0.25) is 14.4 Å². The molecule has 2 N–H and O–H groups in total. The quantitative estimate of drug-likeness (QED) is 0.472. The van der Waals surface area contributed by atoms with Gasteiger partial charge in [-0.25, -0.2) is 4.79 Å². The van der Waals surface area contributed by atoms with E-state index >= 15 is 0 Å². The van der Waals surface area contributed by atoms with Gasteiger partial charge in [0.2, 0.25) is 11.8 Å². The Balaban J connectivity index is 2.34. The zero-order valence-corrected chi connectivity index (χ0v) is 22.8. The summed E-state index contributed by atoms with van der Waals surface area (Å²) < 4.78 is 10.3. The van der Waals surface area contributed by atoms with Gasteiger partial charge < -0.3 is 25.0 Å². The molecule has 9 heteroatoms. The summed E-state index contributed by atoms with van der Waals surface area (Å²) in [4.78, 5) is 52.9. The molecule has 36 heavy (non-hydrogen) atoms. The number of ether oxygens (including phenoxy) is 2. The Morgan fingerprint density at radius 1 is 1.14 bits per heavy atom. The predicted octanol–water partition coefficient (Wildman–Crippen LogP) is 3.56. The molecule has 200 valence electrons. The first-order valence-electron chi connectivity index (χ1n) is 12.6. The lowest BCUT2D eigenvalue weighted by molar-refractivity contribution is -0.144. The van der Waals surface area contributed by atoms with E-state index in [2.05, 4.69) is 10.6 Å². The van der Waals surface area contributed by atoms with Gasteiger partial charge in [0.15, 0.2) is 0 Å². The smallest absolute Gasteiger partial charge is 0.408 e. The first kappa shape index (κ1) is 29.1. The fourth-order valence-corrected chi connectivity index (χ4v) is 3.93. The summed E-state index contributed by atoms with van der Waals surface area (Å²) in [5.74, 6) is -0.957. The topological polar surface area (TPSA) is 114 Å². The van der Waals surface area contributed by atoms with Crippen LogP contribution in [0.4, 0.5) is 4.79 Å². The average molecular weight is 504 g/mol. The van der Waals surface area contributed by atoms with E-state index in [4.69, 9.17) is 9.47 Å². The van der Waals surface area contributed by atoms with Crippen molar-refractivity contribution in [2.24, 2.45) is 5.92 Å². The van der Waals surface area contributed by atoms with Gasteiger partial charge in [0.25, 0.3) is 0 Å². The molecular weight excluding hydrogens is 462 g/mol. The van der Waals surface area contributed by atoms with Crippen LogP contribution in [0.3, 0.4) is 0 Å². The van der Waals surface area contributed by atoms with Crippen molar-refractivity contribution in [3.63, 3.8) is 0 Å². The van der Waals surface area contributed by atoms with Crippen LogP contribution in [0.15, 0.2) is 18.2 Å². The van der Waals surface area contributed by atoms with Crippen LogP contribution >= 0.6 is 0 Å². The second-order valence-corrected chi connectivity index (χ2v) is 10.5. The number of rotatable bonds is 10. The average Bonchev–Trinajstić information content (AvgIpc) is 3.48. The highest BCUT2D eigenvalue weighted by atomic mass is 16.6. The number of carbonyl (C=O) groups excluding carboxylic acids is 4. The fraction of sp³-hybridized carbons (Fsp3) is 0.630. The Labute approximate surface area is 214 Å². The molecule has 3 amide bonds. The Bertz CT molecular complexity index is 971. The molecule has 0 radical (unpaired) electrons. The van der Waals surface area contributed by atoms with Crippen LogP contribution < -0.4 is 10.6 Å². The van der Waals surface area contributed by atoms with Crippen LogP contribution in [-0.2, 0) is 23.9 Å². The van der Waals surface area contributed by atoms with E-state index in [1.807, 2.05) is 39.0 Å². The summed E-state index contributed by atoms with van der Waals surface area (Å²) in [7, 11) is 0. The fourth-order valence-electron chi connectivity index (χ4n) is 3.93. The van der Waals surface area contributed by atoms with Gasteiger partial charge in [0, 0.05) is 12.6 Å². The van der Waals surface area contributed by atoms with Gasteiger partial charge in [-0.05, 0) is 77.5 Å². The molecule has 0 saturated heterocycles. The van der Waals surface area contributed by atoms with Gasteiger partial charge in [-0.2, -0.15) is 0 Å². The number of hydrogen-bond donors (Lipinski definition) is 2. The van der Waals surface area contributed by atoms with Gasteiger partial charge in [0.05, 0.1) is 13.0 Å². The number of amides is 3. The van der Waals surface area contributed by atoms with E-state index < -0.39 is 29.7 Å². The van der Waals surface area contributed by atoms with Crippen LogP contribution in [0.2, 0.25) is 0 Å². The lowest BCUT2D eigenvalue weighted by Gasteiger charge is -2.34. The molecule has 0 spiro atoms. The van der Waals surface area contributed by atoms with E-state index in [1.165, 1.54) is 0 Å². The molecular formula is C27H41N3O6. The highest BCUT2D eigenvalue weighted by Crippen LogP contribution is 2.41. The third-order valence-electron chi connectivity index (χ3n) is 6.09. The Morgan fingerprint density at radius 2 is 1.78 bits per heavy atom. The summed E-state index contributed by atoms with van der Waals surface area (Å²) in [6, 6.07) is 3.69. The maximum Gasteiger partial charge on any atom is 0.408 e. The minimum Gasteiger partial charge on any atom is -0.466 e. The highest BCUT2D eigenvalue weighted by Gasteiger charge is 2.47. The van der Waals surface area contributed by atoms with Crippen molar-refractivity contribution in [2.75, 3.05) is 13.2 Å². The number of aryl methyl sites for hydroxylation is 2. The molecule has 1 aliphatic rings. The van der Waals surface area contributed by atoms with Gasteiger partial charge in [-0.1, -0.05) is 25.1 Å². The van der Waals surface area contributed by atoms with E-state index in [0.717, 1.165) is 17.5 Å². The van der Waals surface area contributed by atoms with E-state index in [-0.39, 0.29) is 43.3 Å². The Hall–Kier alpha value is -3.10. The van der Waals surface area contributed by atoms with E-state index in [0.29, 0.717) is 5.56 Å². The summed E-state index contributed by atoms with van der Waals surface area (Å²) in [5.41, 5.74) is 2.02. The number of benzene rings is 1. The molecule has 4 unspecified atom stereocenters. The summed E-state index contributed by atoms with van der Waals surface area (Å²) in [5, 5.41) is 5.41. The predicted molar refractivity (Wildman–Crippen MR) is 136 cm³/mol. The minimum absolute atomic E-state index is 0.0314. The molecule has 9 nitrogen and oxygen atoms in total. The molecule has 0 aliphatic heterocycles. The molecule has 1 aromatic carbocycles. The van der Waals surface area contributed by atoms with Gasteiger partial charge >= 0.3 is 12.1 Å². The maximum atomic E-state index is 13.7. The Kier molecular flexibility index (Phi) is 9.90. The summed E-state index contributed by atoms with van der Waals surface area (Å²) >= 11 is 0. The minimum atomic E-state index is -0.920. The first-order chi connectivity index (χ1) is 16.7. The molecule has 2 rings (SSSR count). The van der Waals surface area contributed by atoms with Crippen molar-refractivity contribution >= 4 is 23.9 Å². The number of nitrogens with zero attached hydrogens (tertiary/aromatic N) is 1. The highest BCUT2D eigenvalue weighted by molar-refractivity contribution is 5.92. The molecule has 1 aromatic rings. The summed E-state index contributed by atoms with van der Waals surface area (Å²) in [6.07, 6.45) is 0.0835. The van der Waals surface area contributed by atoms with Crippen LogP contribution in [0.25, 0.3) is 0 Å². The molecule has 1 aliphatic carbocycles. The molecule has 0 aromatic heterocycles. The van der Waals surface area contributed by atoms with Gasteiger partial charge in [-0.15, -0.1) is 0 Å². The maximum absolute atomic E-state index is 13.7. The van der Waals surface area contributed by atoms with Crippen molar-refractivity contribution in [3.05, 3.63) is 34.9 Å². The van der Waals surface area contributed by atoms with Crippen molar-refractivity contribution in [3.8, 4) is 0 Å². The second-order valence-electron chi connectivity index (χ2n) is 10.5. The SMILES string of the molecule is CCOC(=O)CCNC(=O)C(c1ccc(C)c(C)c1)N(C(=O)C(C)NC(=O)OC(C)(C)C)C1CC1C. The van der Waals surface area contributed by atoms with E-state index in [1.54, 1.807) is 39.5 Å². The lowest BCUT2D eigenvalue weighted by atomic mass is 9.98. The van der Waals surface area contributed by atoms with Crippen LogP contribution in [-0.4, -0.2) is 59.6 Å². The van der Waals surface area contributed by atoms with Crippen molar-refractivity contribution in [2.45, 2.75) is 92.0 Å². The number of alkyl carbamates (subject to hydrolysis) is 1. The molecule has 0 heterocycles. The zero-order valence-electron chi connectivity index (χ0n) is 22.8. The number of hydrogen-bond acceptors (Lipinski definition) is 6. The van der Waals surface area contributed by atoms with Crippen molar-refractivity contribution in [1.82, 2.24) is 15.5 Å². The second kappa shape index (κ2) is 12.2. The Morgan fingerprint density at radius 3 is 2.31 bits per heavy atom. The van der Waals surface area contributed by atoms with Crippen LogP contribution in [0, 0.1) is 19.8 Å². The third-order valence-corrected chi connectivity index (χ3v) is 6.09.